The predicted molar refractivity (Wildman–Crippen MR) is 82.8 cm³/mol. The molecule has 0 bridgehead atoms. The first-order chi connectivity index (χ1) is 7.68. The molecule has 0 fully saturated rings. The first kappa shape index (κ1) is 12.2. The van der Waals surface area contributed by atoms with Gasteiger partial charge in [0.05, 0.1) is 3.57 Å². The number of benzene rings is 2. The van der Waals surface area contributed by atoms with Crippen LogP contribution in [0, 0.1) is 7.14 Å². The predicted octanol–water partition coefficient (Wildman–Crippen LogP) is 4.19. The van der Waals surface area contributed by atoms with Crippen LogP contribution >= 0.6 is 45.2 Å². The van der Waals surface area contributed by atoms with Crippen molar-refractivity contribution in [2.24, 2.45) is 0 Å². The molecule has 0 atom stereocenters. The van der Waals surface area contributed by atoms with E-state index < -0.39 is 0 Å². The van der Waals surface area contributed by atoms with Crippen molar-refractivity contribution < 1.29 is 5.11 Å². The zero-order valence-electron chi connectivity index (χ0n) is 8.45. The SMILES string of the molecule is Oc1ccc(Cc2ccccc2)c(I)c1I. The van der Waals surface area contributed by atoms with Crippen LogP contribution in [0.25, 0.3) is 0 Å². The standard InChI is InChI=1S/C13H10I2O/c14-12-10(6-7-11(16)13(12)15)8-9-4-2-1-3-5-9/h1-7,16H,8H2. The average Bonchev–Trinajstić information content (AvgIpc) is 2.31. The lowest BCUT2D eigenvalue weighted by Gasteiger charge is -2.08. The highest BCUT2D eigenvalue weighted by Crippen LogP contribution is 2.28. The van der Waals surface area contributed by atoms with E-state index in [2.05, 4.69) is 57.3 Å². The van der Waals surface area contributed by atoms with Gasteiger partial charge in [-0.2, -0.15) is 0 Å². The summed E-state index contributed by atoms with van der Waals surface area (Å²) >= 11 is 4.47. The molecule has 0 saturated carbocycles. The van der Waals surface area contributed by atoms with Crippen molar-refractivity contribution in [2.75, 3.05) is 0 Å². The van der Waals surface area contributed by atoms with Gasteiger partial charge in [-0.3, -0.25) is 0 Å². The quantitative estimate of drug-likeness (QED) is 0.701. The fraction of sp³-hybridized carbons (Fsp3) is 0.0769. The molecule has 0 spiro atoms. The summed E-state index contributed by atoms with van der Waals surface area (Å²) in [6, 6.07) is 14.1. The van der Waals surface area contributed by atoms with Crippen molar-refractivity contribution in [3.63, 3.8) is 0 Å². The third-order valence-corrected chi connectivity index (χ3v) is 5.74. The van der Waals surface area contributed by atoms with E-state index in [4.69, 9.17) is 0 Å². The van der Waals surface area contributed by atoms with Crippen LogP contribution in [0.4, 0.5) is 0 Å². The minimum atomic E-state index is 0.363. The first-order valence-corrected chi connectivity index (χ1v) is 7.04. The second-order valence-electron chi connectivity index (χ2n) is 3.53. The van der Waals surface area contributed by atoms with Crippen molar-refractivity contribution in [3.8, 4) is 5.75 Å². The summed E-state index contributed by atoms with van der Waals surface area (Å²) < 4.78 is 2.08. The number of phenols is 1. The summed E-state index contributed by atoms with van der Waals surface area (Å²) in [5, 5.41) is 9.58. The Morgan fingerprint density at radius 2 is 1.56 bits per heavy atom. The van der Waals surface area contributed by atoms with Crippen molar-refractivity contribution in [2.45, 2.75) is 6.42 Å². The van der Waals surface area contributed by atoms with E-state index in [0.717, 1.165) is 13.6 Å². The van der Waals surface area contributed by atoms with Crippen LogP contribution in [0.1, 0.15) is 11.1 Å². The Hall–Kier alpha value is -0.300. The largest absolute Gasteiger partial charge is 0.507 e. The van der Waals surface area contributed by atoms with Crippen LogP contribution in [0.2, 0.25) is 0 Å². The molecule has 0 heterocycles. The molecular weight excluding hydrogens is 426 g/mol. The number of halogens is 2. The molecule has 0 amide bonds. The van der Waals surface area contributed by atoms with Crippen molar-refractivity contribution in [3.05, 3.63) is 60.7 Å². The Morgan fingerprint density at radius 3 is 2.25 bits per heavy atom. The molecule has 16 heavy (non-hydrogen) atoms. The van der Waals surface area contributed by atoms with Gasteiger partial charge in [0.1, 0.15) is 5.75 Å². The summed E-state index contributed by atoms with van der Waals surface area (Å²) in [5.74, 6) is 0.363. The van der Waals surface area contributed by atoms with E-state index in [-0.39, 0.29) is 0 Å². The van der Waals surface area contributed by atoms with Gasteiger partial charge in [0.2, 0.25) is 0 Å². The van der Waals surface area contributed by atoms with Crippen LogP contribution < -0.4 is 0 Å². The Kier molecular flexibility index (Phi) is 4.07. The van der Waals surface area contributed by atoms with Gasteiger partial charge in [-0.05, 0) is 68.8 Å². The molecule has 82 valence electrons. The van der Waals surface area contributed by atoms with E-state index in [9.17, 15) is 5.11 Å². The van der Waals surface area contributed by atoms with E-state index in [0.29, 0.717) is 5.75 Å². The lowest BCUT2D eigenvalue weighted by Crippen LogP contribution is -1.94. The molecule has 0 radical (unpaired) electrons. The molecule has 3 heteroatoms. The van der Waals surface area contributed by atoms with E-state index in [1.807, 2.05) is 24.3 Å². The summed E-state index contributed by atoms with van der Waals surface area (Å²) in [4.78, 5) is 0. The zero-order valence-corrected chi connectivity index (χ0v) is 12.8. The van der Waals surface area contributed by atoms with Crippen LogP contribution in [0.15, 0.2) is 42.5 Å². The van der Waals surface area contributed by atoms with Gasteiger partial charge in [-0.1, -0.05) is 36.4 Å². The molecule has 0 saturated heterocycles. The lowest BCUT2D eigenvalue weighted by atomic mass is 10.1. The van der Waals surface area contributed by atoms with E-state index >= 15 is 0 Å². The molecule has 0 unspecified atom stereocenters. The minimum absolute atomic E-state index is 0.363. The fourth-order valence-corrected chi connectivity index (χ4v) is 2.70. The second-order valence-corrected chi connectivity index (χ2v) is 5.69. The molecule has 0 aliphatic rings. The molecule has 1 nitrogen and oxygen atoms in total. The van der Waals surface area contributed by atoms with Gasteiger partial charge < -0.3 is 5.11 Å². The maximum absolute atomic E-state index is 9.58. The van der Waals surface area contributed by atoms with Crippen molar-refractivity contribution >= 4 is 45.2 Å². The van der Waals surface area contributed by atoms with Gasteiger partial charge in [0.15, 0.2) is 0 Å². The van der Waals surface area contributed by atoms with Crippen LogP contribution in [0.3, 0.4) is 0 Å². The molecule has 2 aromatic rings. The van der Waals surface area contributed by atoms with Crippen LogP contribution in [-0.4, -0.2) is 5.11 Å². The molecule has 0 aromatic heterocycles. The van der Waals surface area contributed by atoms with Crippen molar-refractivity contribution in [1.82, 2.24) is 0 Å². The number of aromatic hydroxyl groups is 1. The lowest BCUT2D eigenvalue weighted by molar-refractivity contribution is 0.470. The Labute approximate surface area is 122 Å². The average molecular weight is 436 g/mol. The number of hydrogen-bond acceptors (Lipinski definition) is 1. The Bertz CT molecular complexity index is 495. The highest BCUT2D eigenvalue weighted by molar-refractivity contribution is 14.1. The normalized spacial score (nSPS) is 10.4. The highest BCUT2D eigenvalue weighted by atomic mass is 127. The van der Waals surface area contributed by atoms with Gasteiger partial charge in [-0.25, -0.2) is 0 Å². The maximum atomic E-state index is 9.58. The summed E-state index contributed by atoms with van der Waals surface area (Å²) in [7, 11) is 0. The number of hydrogen-bond donors (Lipinski definition) is 1. The first-order valence-electron chi connectivity index (χ1n) is 4.88. The molecule has 1 N–H and O–H groups in total. The smallest absolute Gasteiger partial charge is 0.129 e. The summed E-state index contributed by atoms with van der Waals surface area (Å²) in [6.45, 7) is 0. The molecule has 2 rings (SSSR count). The summed E-state index contributed by atoms with van der Waals surface area (Å²) in [5.41, 5.74) is 2.55. The monoisotopic (exact) mass is 436 g/mol. The van der Waals surface area contributed by atoms with Crippen LogP contribution in [0.5, 0.6) is 5.75 Å². The molecule has 0 aliphatic heterocycles. The number of rotatable bonds is 2. The maximum Gasteiger partial charge on any atom is 0.129 e. The van der Waals surface area contributed by atoms with Gasteiger partial charge in [0, 0.05) is 3.57 Å². The minimum Gasteiger partial charge on any atom is -0.507 e. The third-order valence-electron chi connectivity index (χ3n) is 2.38. The fourth-order valence-electron chi connectivity index (χ4n) is 1.53. The third kappa shape index (κ3) is 2.68. The van der Waals surface area contributed by atoms with Crippen molar-refractivity contribution in [1.29, 1.82) is 0 Å². The summed E-state index contributed by atoms with van der Waals surface area (Å²) in [6.07, 6.45) is 0.912. The number of phenolic OH excluding ortho intramolecular Hbond substituents is 1. The topological polar surface area (TPSA) is 20.2 Å². The highest BCUT2D eigenvalue weighted by Gasteiger charge is 2.08. The Morgan fingerprint density at radius 1 is 0.875 bits per heavy atom. The second kappa shape index (κ2) is 5.35. The Balaban J connectivity index is 2.33. The van der Waals surface area contributed by atoms with Gasteiger partial charge in [0.25, 0.3) is 0 Å². The van der Waals surface area contributed by atoms with Gasteiger partial charge in [-0.15, -0.1) is 0 Å². The zero-order chi connectivity index (χ0) is 11.5. The van der Waals surface area contributed by atoms with E-state index in [1.165, 1.54) is 11.1 Å². The molecule has 2 aromatic carbocycles. The van der Waals surface area contributed by atoms with E-state index in [1.54, 1.807) is 6.07 Å². The molecular formula is C13H10I2O. The van der Waals surface area contributed by atoms with Crippen LogP contribution in [-0.2, 0) is 6.42 Å². The van der Waals surface area contributed by atoms with Gasteiger partial charge >= 0.3 is 0 Å². The molecule has 0 aliphatic carbocycles.